The van der Waals surface area contributed by atoms with E-state index in [1.54, 1.807) is 10.9 Å². The highest BCUT2D eigenvalue weighted by atomic mass is 16.5. The average molecular weight is 372 g/mol. The largest absolute Gasteiger partial charge is 0.461 e. The van der Waals surface area contributed by atoms with Crippen molar-refractivity contribution in [3.63, 3.8) is 0 Å². The molecule has 146 valence electrons. The summed E-state index contributed by atoms with van der Waals surface area (Å²) in [6.07, 6.45) is 1.91. The summed E-state index contributed by atoms with van der Waals surface area (Å²) in [5.41, 5.74) is 0.532. The molecule has 0 atom stereocenters. The Balaban J connectivity index is 1.89. The summed E-state index contributed by atoms with van der Waals surface area (Å²) in [5.74, 6) is -0.359. The molecule has 0 bridgehead atoms. The van der Waals surface area contributed by atoms with E-state index in [1.807, 2.05) is 65.0 Å². The van der Waals surface area contributed by atoms with E-state index in [2.05, 4.69) is 15.6 Å². The normalized spacial score (nSPS) is 11.9. The molecule has 0 aliphatic rings. The number of hydrogen-bond acceptors (Lipinski definition) is 5. The molecule has 0 fully saturated rings. The predicted molar refractivity (Wildman–Crippen MR) is 102 cm³/mol. The molecular formula is C20H28N4O3. The third-order valence-electron chi connectivity index (χ3n) is 4.09. The first-order chi connectivity index (χ1) is 12.6. The zero-order valence-electron chi connectivity index (χ0n) is 16.7. The molecule has 1 aromatic heterocycles. The van der Waals surface area contributed by atoms with Gasteiger partial charge in [-0.2, -0.15) is 0 Å². The van der Waals surface area contributed by atoms with Crippen LogP contribution in [0.25, 0.3) is 0 Å². The van der Waals surface area contributed by atoms with Gasteiger partial charge in [0.1, 0.15) is 12.3 Å². The standard InChI is InChI=1S/C20H28N4O3/c1-19(2,3)18(26)21-12-16-13-24(23-22-16)20(4,5)11-17(25)27-14-15-9-7-6-8-10-15/h6-10,13H,11-12,14H2,1-5H3,(H,21,26). The molecule has 0 unspecified atom stereocenters. The van der Waals surface area contributed by atoms with E-state index in [-0.39, 0.29) is 24.9 Å². The second-order valence-electron chi connectivity index (χ2n) is 8.22. The van der Waals surface area contributed by atoms with Gasteiger partial charge in [0.05, 0.1) is 24.7 Å². The van der Waals surface area contributed by atoms with Gasteiger partial charge in [-0.1, -0.05) is 56.3 Å². The molecule has 2 aromatic rings. The maximum Gasteiger partial charge on any atom is 0.308 e. The third-order valence-corrected chi connectivity index (χ3v) is 4.09. The molecule has 1 aromatic carbocycles. The van der Waals surface area contributed by atoms with Crippen LogP contribution in [0, 0.1) is 5.41 Å². The van der Waals surface area contributed by atoms with Gasteiger partial charge in [0.25, 0.3) is 0 Å². The van der Waals surface area contributed by atoms with Gasteiger partial charge >= 0.3 is 5.97 Å². The molecule has 0 aliphatic carbocycles. The van der Waals surface area contributed by atoms with Crippen LogP contribution >= 0.6 is 0 Å². The Hall–Kier alpha value is -2.70. The fourth-order valence-electron chi connectivity index (χ4n) is 2.33. The molecule has 7 nitrogen and oxygen atoms in total. The van der Waals surface area contributed by atoms with Gasteiger partial charge in [-0.3, -0.25) is 9.59 Å². The van der Waals surface area contributed by atoms with E-state index >= 15 is 0 Å². The lowest BCUT2D eigenvalue weighted by atomic mass is 9.96. The zero-order chi connectivity index (χ0) is 20.1. The van der Waals surface area contributed by atoms with Crippen molar-refractivity contribution in [2.24, 2.45) is 5.41 Å². The van der Waals surface area contributed by atoms with Crippen LogP contribution in [0.5, 0.6) is 0 Å². The van der Waals surface area contributed by atoms with Crippen molar-refractivity contribution in [2.75, 3.05) is 0 Å². The number of rotatable bonds is 7. The molecule has 7 heteroatoms. The molecule has 1 amide bonds. The smallest absolute Gasteiger partial charge is 0.308 e. The van der Waals surface area contributed by atoms with Gasteiger partial charge in [-0.05, 0) is 19.4 Å². The van der Waals surface area contributed by atoms with Crippen LogP contribution in [0.4, 0.5) is 0 Å². The van der Waals surface area contributed by atoms with Gasteiger partial charge in [0, 0.05) is 5.41 Å². The van der Waals surface area contributed by atoms with Crippen molar-refractivity contribution in [3.8, 4) is 0 Å². The molecule has 0 spiro atoms. The first kappa shape index (κ1) is 20.6. The number of nitrogens with one attached hydrogen (secondary N) is 1. The van der Waals surface area contributed by atoms with Gasteiger partial charge in [-0.15, -0.1) is 5.10 Å². The van der Waals surface area contributed by atoms with E-state index in [0.29, 0.717) is 12.2 Å². The quantitative estimate of drug-likeness (QED) is 0.755. The fraction of sp³-hybridized carbons (Fsp3) is 0.500. The number of esters is 1. The summed E-state index contributed by atoms with van der Waals surface area (Å²) in [5, 5.41) is 11.0. The predicted octanol–water partition coefficient (Wildman–Crippen LogP) is 2.81. The molecule has 0 saturated carbocycles. The molecule has 0 aliphatic heterocycles. The Morgan fingerprint density at radius 2 is 1.78 bits per heavy atom. The molecule has 2 rings (SSSR count). The lowest BCUT2D eigenvalue weighted by molar-refractivity contribution is -0.147. The molecule has 0 saturated heterocycles. The Morgan fingerprint density at radius 1 is 1.11 bits per heavy atom. The van der Waals surface area contributed by atoms with Crippen LogP contribution in [-0.2, 0) is 33.0 Å². The Bertz CT molecular complexity index is 776. The number of benzene rings is 1. The molecule has 0 radical (unpaired) electrons. The van der Waals surface area contributed by atoms with Gasteiger partial charge in [0.15, 0.2) is 0 Å². The minimum atomic E-state index is -0.590. The zero-order valence-corrected chi connectivity index (χ0v) is 16.7. The van der Waals surface area contributed by atoms with Crippen LogP contribution in [0.15, 0.2) is 36.5 Å². The van der Waals surface area contributed by atoms with Gasteiger partial charge in [-0.25, -0.2) is 4.68 Å². The second kappa shape index (κ2) is 8.33. The van der Waals surface area contributed by atoms with Crippen LogP contribution in [0.1, 0.15) is 52.3 Å². The minimum absolute atomic E-state index is 0.0548. The maximum atomic E-state index is 12.2. The Labute approximate surface area is 160 Å². The highest BCUT2D eigenvalue weighted by Crippen LogP contribution is 2.20. The topological polar surface area (TPSA) is 86.1 Å². The monoisotopic (exact) mass is 372 g/mol. The lowest BCUT2D eigenvalue weighted by Crippen LogP contribution is -2.34. The molecule has 27 heavy (non-hydrogen) atoms. The van der Waals surface area contributed by atoms with Crippen molar-refractivity contribution in [1.82, 2.24) is 20.3 Å². The number of nitrogens with zero attached hydrogens (tertiary/aromatic N) is 3. The van der Waals surface area contributed by atoms with Crippen LogP contribution < -0.4 is 5.32 Å². The van der Waals surface area contributed by atoms with Crippen molar-refractivity contribution in [2.45, 2.75) is 59.7 Å². The van der Waals surface area contributed by atoms with Crippen LogP contribution in [0.3, 0.4) is 0 Å². The van der Waals surface area contributed by atoms with E-state index < -0.39 is 11.0 Å². The number of ether oxygens (including phenoxy) is 1. The maximum absolute atomic E-state index is 12.2. The Kier molecular flexibility index (Phi) is 6.36. The number of carbonyl (C=O) groups is 2. The van der Waals surface area contributed by atoms with Crippen molar-refractivity contribution >= 4 is 11.9 Å². The summed E-state index contributed by atoms with van der Waals surface area (Å²) in [6.45, 7) is 9.88. The van der Waals surface area contributed by atoms with Crippen molar-refractivity contribution < 1.29 is 14.3 Å². The summed E-state index contributed by atoms with van der Waals surface area (Å²) >= 11 is 0. The van der Waals surface area contributed by atoms with E-state index in [0.717, 1.165) is 5.56 Å². The van der Waals surface area contributed by atoms with Crippen LogP contribution in [0.2, 0.25) is 0 Å². The SMILES string of the molecule is CC(C)(C)C(=O)NCc1cn(C(C)(C)CC(=O)OCc2ccccc2)nn1. The highest BCUT2D eigenvalue weighted by molar-refractivity contribution is 5.81. The van der Waals surface area contributed by atoms with Crippen molar-refractivity contribution in [3.05, 3.63) is 47.8 Å². The Morgan fingerprint density at radius 3 is 2.41 bits per heavy atom. The summed E-state index contributed by atoms with van der Waals surface area (Å²) in [6, 6.07) is 9.55. The minimum Gasteiger partial charge on any atom is -0.461 e. The number of carbonyl (C=O) groups excluding carboxylic acids is 2. The van der Waals surface area contributed by atoms with E-state index in [4.69, 9.17) is 4.74 Å². The number of hydrogen-bond donors (Lipinski definition) is 1. The van der Waals surface area contributed by atoms with E-state index in [9.17, 15) is 9.59 Å². The lowest BCUT2D eigenvalue weighted by Gasteiger charge is -2.23. The molecular weight excluding hydrogens is 344 g/mol. The van der Waals surface area contributed by atoms with E-state index in [1.165, 1.54) is 0 Å². The van der Waals surface area contributed by atoms with Gasteiger partial charge < -0.3 is 10.1 Å². The summed E-state index contributed by atoms with van der Waals surface area (Å²) in [4.78, 5) is 24.1. The number of amides is 1. The molecule has 1 heterocycles. The first-order valence-electron chi connectivity index (χ1n) is 8.97. The summed E-state index contributed by atoms with van der Waals surface area (Å²) in [7, 11) is 0. The second-order valence-corrected chi connectivity index (χ2v) is 8.22. The van der Waals surface area contributed by atoms with Gasteiger partial charge in [0.2, 0.25) is 5.91 Å². The molecule has 1 N–H and O–H groups in total. The summed E-state index contributed by atoms with van der Waals surface area (Å²) < 4.78 is 6.99. The highest BCUT2D eigenvalue weighted by Gasteiger charge is 2.27. The van der Waals surface area contributed by atoms with Crippen LogP contribution in [-0.4, -0.2) is 26.9 Å². The number of aromatic nitrogens is 3. The van der Waals surface area contributed by atoms with Crippen molar-refractivity contribution in [1.29, 1.82) is 0 Å². The fourth-order valence-corrected chi connectivity index (χ4v) is 2.33. The third kappa shape index (κ3) is 6.20. The average Bonchev–Trinajstić information content (AvgIpc) is 3.07. The first-order valence-corrected chi connectivity index (χ1v) is 8.97.